The molecule has 0 radical (unpaired) electrons. The van der Waals surface area contributed by atoms with Crippen molar-refractivity contribution in [2.45, 2.75) is 38.7 Å². The average molecular weight is 419 g/mol. The first-order valence-corrected chi connectivity index (χ1v) is 10.9. The maximum Gasteiger partial charge on any atom is 0.338 e. The van der Waals surface area contributed by atoms with Crippen molar-refractivity contribution in [1.82, 2.24) is 4.31 Å². The number of nitrogens with zero attached hydrogens (tertiary/aromatic N) is 1. The molecule has 2 aromatic carbocycles. The molecule has 0 fully saturated rings. The second-order valence-corrected chi connectivity index (χ2v) is 8.54. The van der Waals surface area contributed by atoms with E-state index in [1.165, 1.54) is 22.5 Å². The first-order valence-electron chi connectivity index (χ1n) is 9.41. The number of carbonyl (C=O) groups excluding carboxylic acids is 2. The van der Waals surface area contributed by atoms with E-state index in [1.54, 1.807) is 58.0 Å². The maximum absolute atomic E-state index is 12.7. The molecular formula is C21H26N2O5S. The molecule has 0 aromatic heterocycles. The minimum absolute atomic E-state index is 0.0700. The highest BCUT2D eigenvalue weighted by Gasteiger charge is 2.22. The van der Waals surface area contributed by atoms with Gasteiger partial charge in [0.05, 0.1) is 16.6 Å². The van der Waals surface area contributed by atoms with Crippen molar-refractivity contribution in [3.63, 3.8) is 0 Å². The SMILES string of the molecule is CCN(CC)S(=O)(=O)c1cccc(C(=O)Nc2ccc(C(=O)OC(C)C)cc2)c1. The van der Waals surface area contributed by atoms with Crippen LogP contribution >= 0.6 is 0 Å². The quantitative estimate of drug-likeness (QED) is 0.662. The lowest BCUT2D eigenvalue weighted by Crippen LogP contribution is -2.30. The normalized spacial score (nSPS) is 11.5. The van der Waals surface area contributed by atoms with Gasteiger partial charge in [0.15, 0.2) is 0 Å². The number of carbonyl (C=O) groups is 2. The van der Waals surface area contributed by atoms with Crippen LogP contribution in [0.3, 0.4) is 0 Å². The molecule has 1 amide bonds. The van der Waals surface area contributed by atoms with Crippen LogP contribution in [0.1, 0.15) is 48.4 Å². The topological polar surface area (TPSA) is 92.8 Å². The Bertz CT molecular complexity index is 965. The van der Waals surface area contributed by atoms with E-state index in [9.17, 15) is 18.0 Å². The van der Waals surface area contributed by atoms with Crippen molar-refractivity contribution in [2.24, 2.45) is 0 Å². The molecule has 0 saturated carbocycles. The van der Waals surface area contributed by atoms with Gasteiger partial charge in [-0.05, 0) is 56.3 Å². The molecule has 0 unspecified atom stereocenters. The van der Waals surface area contributed by atoms with Gasteiger partial charge in [-0.15, -0.1) is 0 Å². The largest absolute Gasteiger partial charge is 0.459 e. The van der Waals surface area contributed by atoms with Crippen LogP contribution in [0.5, 0.6) is 0 Å². The van der Waals surface area contributed by atoms with Crippen LogP contribution in [0.15, 0.2) is 53.4 Å². The van der Waals surface area contributed by atoms with E-state index in [4.69, 9.17) is 4.74 Å². The molecular weight excluding hydrogens is 392 g/mol. The fourth-order valence-corrected chi connectivity index (χ4v) is 4.19. The van der Waals surface area contributed by atoms with Gasteiger partial charge in [-0.2, -0.15) is 4.31 Å². The Morgan fingerprint density at radius 2 is 1.62 bits per heavy atom. The summed E-state index contributed by atoms with van der Waals surface area (Å²) in [7, 11) is -3.65. The van der Waals surface area contributed by atoms with Crippen LogP contribution in [0.4, 0.5) is 5.69 Å². The first-order chi connectivity index (χ1) is 13.7. The second kappa shape index (κ2) is 9.67. The van der Waals surface area contributed by atoms with E-state index in [1.807, 2.05) is 0 Å². The number of hydrogen-bond acceptors (Lipinski definition) is 5. The van der Waals surface area contributed by atoms with Crippen LogP contribution < -0.4 is 5.32 Å². The fraction of sp³-hybridized carbons (Fsp3) is 0.333. The summed E-state index contributed by atoms with van der Waals surface area (Å²) in [5, 5.41) is 2.70. The summed E-state index contributed by atoms with van der Waals surface area (Å²) in [5.74, 6) is -0.883. The Morgan fingerprint density at radius 3 is 2.17 bits per heavy atom. The van der Waals surface area contributed by atoms with Gasteiger partial charge in [-0.1, -0.05) is 19.9 Å². The van der Waals surface area contributed by atoms with E-state index in [2.05, 4.69) is 5.32 Å². The third-order valence-electron chi connectivity index (χ3n) is 4.16. The fourth-order valence-electron chi connectivity index (χ4n) is 2.69. The van der Waals surface area contributed by atoms with Crippen LogP contribution in [0.2, 0.25) is 0 Å². The van der Waals surface area contributed by atoms with Crippen molar-refractivity contribution in [3.05, 3.63) is 59.7 Å². The molecule has 0 aliphatic rings. The van der Waals surface area contributed by atoms with Gasteiger partial charge in [0.25, 0.3) is 5.91 Å². The summed E-state index contributed by atoms with van der Waals surface area (Å²) in [6.07, 6.45) is -0.221. The molecule has 1 N–H and O–H groups in total. The van der Waals surface area contributed by atoms with Crippen molar-refractivity contribution in [2.75, 3.05) is 18.4 Å². The van der Waals surface area contributed by atoms with Crippen LogP contribution in [-0.4, -0.2) is 43.8 Å². The van der Waals surface area contributed by atoms with Gasteiger partial charge >= 0.3 is 5.97 Å². The minimum Gasteiger partial charge on any atom is -0.459 e. The Balaban J connectivity index is 2.17. The van der Waals surface area contributed by atoms with Crippen LogP contribution in [0, 0.1) is 0 Å². The number of nitrogens with one attached hydrogen (secondary N) is 1. The van der Waals surface area contributed by atoms with Gasteiger partial charge in [0.2, 0.25) is 10.0 Å². The molecule has 29 heavy (non-hydrogen) atoms. The summed E-state index contributed by atoms with van der Waals surface area (Å²) in [4.78, 5) is 24.5. The van der Waals surface area contributed by atoms with E-state index >= 15 is 0 Å². The molecule has 7 nitrogen and oxygen atoms in total. The highest BCUT2D eigenvalue weighted by atomic mass is 32.2. The number of sulfonamides is 1. The number of esters is 1. The van der Waals surface area contributed by atoms with Crippen molar-refractivity contribution < 1.29 is 22.7 Å². The van der Waals surface area contributed by atoms with Gasteiger partial charge < -0.3 is 10.1 Å². The zero-order valence-corrected chi connectivity index (χ0v) is 17.8. The Kier molecular flexibility index (Phi) is 7.53. The summed E-state index contributed by atoms with van der Waals surface area (Å²) in [6, 6.07) is 12.2. The standard InChI is InChI=1S/C21H26N2O5S/c1-5-23(6-2)29(26,27)19-9-7-8-17(14-19)20(24)22-18-12-10-16(11-13-18)21(25)28-15(3)4/h7-15H,5-6H2,1-4H3,(H,22,24). The number of benzene rings is 2. The van der Waals surface area contributed by atoms with Crippen LogP contribution in [0.25, 0.3) is 0 Å². The van der Waals surface area contributed by atoms with Crippen molar-refractivity contribution in [3.8, 4) is 0 Å². The lowest BCUT2D eigenvalue weighted by molar-refractivity contribution is 0.0378. The zero-order chi connectivity index (χ0) is 21.6. The van der Waals surface area contributed by atoms with Crippen LogP contribution in [-0.2, 0) is 14.8 Å². The van der Waals surface area contributed by atoms with E-state index in [-0.39, 0.29) is 16.6 Å². The third kappa shape index (κ3) is 5.65. The monoisotopic (exact) mass is 418 g/mol. The van der Waals surface area contributed by atoms with Crippen molar-refractivity contribution >= 4 is 27.6 Å². The molecule has 0 bridgehead atoms. The lowest BCUT2D eigenvalue weighted by Gasteiger charge is -2.18. The van der Waals surface area contributed by atoms with E-state index in [0.29, 0.717) is 24.3 Å². The molecule has 8 heteroatoms. The Hall–Kier alpha value is -2.71. The van der Waals surface area contributed by atoms with Gasteiger partial charge in [0, 0.05) is 24.3 Å². The predicted molar refractivity (Wildman–Crippen MR) is 111 cm³/mol. The summed E-state index contributed by atoms with van der Waals surface area (Å²) in [5.41, 5.74) is 1.08. The Morgan fingerprint density at radius 1 is 1.00 bits per heavy atom. The minimum atomic E-state index is -3.65. The van der Waals surface area contributed by atoms with Gasteiger partial charge in [-0.3, -0.25) is 4.79 Å². The van der Waals surface area contributed by atoms with Gasteiger partial charge in [0.1, 0.15) is 0 Å². The van der Waals surface area contributed by atoms with Gasteiger partial charge in [-0.25, -0.2) is 13.2 Å². The number of amides is 1. The molecule has 0 atom stereocenters. The molecule has 0 heterocycles. The number of ether oxygens (including phenoxy) is 1. The zero-order valence-electron chi connectivity index (χ0n) is 17.0. The van der Waals surface area contributed by atoms with Crippen molar-refractivity contribution in [1.29, 1.82) is 0 Å². The molecule has 0 aliphatic carbocycles. The molecule has 0 spiro atoms. The van der Waals surface area contributed by atoms with E-state index in [0.717, 1.165) is 0 Å². The molecule has 156 valence electrons. The summed E-state index contributed by atoms with van der Waals surface area (Å²) < 4.78 is 31.8. The maximum atomic E-state index is 12.7. The molecule has 2 aromatic rings. The van der Waals surface area contributed by atoms with E-state index < -0.39 is 21.9 Å². The summed E-state index contributed by atoms with van der Waals surface area (Å²) in [6.45, 7) is 7.75. The third-order valence-corrected chi connectivity index (χ3v) is 6.21. The molecule has 0 aliphatic heterocycles. The average Bonchev–Trinajstić information content (AvgIpc) is 2.68. The molecule has 2 rings (SSSR count). The summed E-state index contributed by atoms with van der Waals surface area (Å²) >= 11 is 0. The Labute approximate surface area is 171 Å². The first kappa shape index (κ1) is 22.6. The number of anilines is 1. The highest BCUT2D eigenvalue weighted by Crippen LogP contribution is 2.18. The second-order valence-electron chi connectivity index (χ2n) is 6.60. The lowest BCUT2D eigenvalue weighted by atomic mass is 10.2. The smallest absolute Gasteiger partial charge is 0.338 e. The highest BCUT2D eigenvalue weighted by molar-refractivity contribution is 7.89. The molecule has 0 saturated heterocycles. The number of rotatable bonds is 8. The number of hydrogen-bond donors (Lipinski definition) is 1. The predicted octanol–water partition coefficient (Wildman–Crippen LogP) is 3.53.